The number of hydrogen-bond donors (Lipinski definition) is 1. The van der Waals surface area contributed by atoms with Crippen LogP contribution in [0.4, 0.5) is 0 Å². The zero-order chi connectivity index (χ0) is 23.1. The molecule has 0 saturated carbocycles. The van der Waals surface area contributed by atoms with Crippen molar-refractivity contribution in [1.29, 1.82) is 0 Å². The third-order valence-electron chi connectivity index (χ3n) is 4.97. The number of benzene rings is 2. The first kappa shape index (κ1) is 23.5. The molecule has 1 amide bonds. The monoisotopic (exact) mass is 456 g/mol. The first-order valence-electron chi connectivity index (χ1n) is 10.3. The molecular formula is C23H28N4O4S. The Hall–Kier alpha value is -3.17. The molecule has 170 valence electrons. The van der Waals surface area contributed by atoms with Gasteiger partial charge in [0.1, 0.15) is 10.6 Å². The summed E-state index contributed by atoms with van der Waals surface area (Å²) in [7, 11) is -0.968. The molecule has 0 radical (unpaired) electrons. The van der Waals surface area contributed by atoms with E-state index in [2.05, 4.69) is 10.4 Å². The molecule has 0 atom stereocenters. The number of aryl methyl sites for hydroxylation is 2. The summed E-state index contributed by atoms with van der Waals surface area (Å²) in [5.74, 6) is -0.151. The van der Waals surface area contributed by atoms with E-state index < -0.39 is 10.0 Å². The van der Waals surface area contributed by atoms with E-state index in [1.807, 2.05) is 48.1 Å². The van der Waals surface area contributed by atoms with Gasteiger partial charge in [-0.3, -0.25) is 9.48 Å². The molecule has 0 aliphatic heterocycles. The molecule has 3 rings (SSSR count). The van der Waals surface area contributed by atoms with Gasteiger partial charge in [-0.25, -0.2) is 8.42 Å². The lowest BCUT2D eigenvalue weighted by Crippen LogP contribution is -2.28. The highest BCUT2D eigenvalue weighted by atomic mass is 32.2. The van der Waals surface area contributed by atoms with Gasteiger partial charge in [0.2, 0.25) is 10.0 Å². The molecule has 1 heterocycles. The van der Waals surface area contributed by atoms with Gasteiger partial charge < -0.3 is 10.1 Å². The van der Waals surface area contributed by atoms with Crippen molar-refractivity contribution in [2.24, 2.45) is 0 Å². The highest BCUT2D eigenvalue weighted by Gasteiger charge is 2.26. The first-order chi connectivity index (χ1) is 15.3. The predicted octanol–water partition coefficient (Wildman–Crippen LogP) is 2.84. The predicted molar refractivity (Wildman–Crippen MR) is 122 cm³/mol. The van der Waals surface area contributed by atoms with E-state index in [0.29, 0.717) is 19.5 Å². The van der Waals surface area contributed by atoms with E-state index in [-0.39, 0.29) is 28.7 Å². The average molecular weight is 457 g/mol. The molecule has 1 aromatic heterocycles. The Labute approximate surface area is 188 Å². The Kier molecular flexibility index (Phi) is 7.66. The summed E-state index contributed by atoms with van der Waals surface area (Å²) < 4.78 is 34.8. The minimum atomic E-state index is -3.88. The van der Waals surface area contributed by atoms with Crippen LogP contribution in [-0.2, 0) is 23.1 Å². The number of carbonyl (C=O) groups is 1. The third kappa shape index (κ3) is 5.74. The van der Waals surface area contributed by atoms with Crippen LogP contribution in [0.15, 0.2) is 65.8 Å². The lowest BCUT2D eigenvalue weighted by Gasteiger charge is -2.19. The maximum atomic E-state index is 13.2. The van der Waals surface area contributed by atoms with Gasteiger partial charge in [0.05, 0.1) is 13.3 Å². The largest absolute Gasteiger partial charge is 0.495 e. The maximum absolute atomic E-state index is 13.2. The third-order valence-corrected chi connectivity index (χ3v) is 6.80. The molecule has 32 heavy (non-hydrogen) atoms. The van der Waals surface area contributed by atoms with Crippen molar-refractivity contribution >= 4 is 15.9 Å². The van der Waals surface area contributed by atoms with Crippen molar-refractivity contribution in [2.75, 3.05) is 20.7 Å². The molecular weight excluding hydrogens is 428 g/mol. The van der Waals surface area contributed by atoms with E-state index in [1.54, 1.807) is 12.3 Å². The standard InChI is InChI=1S/C23H28N4O4S/c1-18-15-25-27(16-18)13-7-12-24-23(28)20-10-11-21(31-3)22(14-20)32(29,30)26(2)17-19-8-5-4-6-9-19/h4-6,8-11,14-16H,7,12-13,17H2,1-3H3,(H,24,28). The minimum Gasteiger partial charge on any atom is -0.495 e. The molecule has 0 aliphatic carbocycles. The van der Waals surface area contributed by atoms with Gasteiger partial charge >= 0.3 is 0 Å². The van der Waals surface area contributed by atoms with Gasteiger partial charge in [-0.15, -0.1) is 0 Å². The quantitative estimate of drug-likeness (QED) is 0.474. The van der Waals surface area contributed by atoms with Crippen molar-refractivity contribution in [3.8, 4) is 5.75 Å². The van der Waals surface area contributed by atoms with E-state index in [1.165, 1.54) is 30.6 Å². The maximum Gasteiger partial charge on any atom is 0.251 e. The number of amides is 1. The number of aromatic nitrogens is 2. The van der Waals surface area contributed by atoms with Gasteiger partial charge in [0, 0.05) is 38.4 Å². The van der Waals surface area contributed by atoms with E-state index in [0.717, 1.165) is 11.1 Å². The molecule has 8 nitrogen and oxygen atoms in total. The molecule has 0 saturated heterocycles. The zero-order valence-corrected chi connectivity index (χ0v) is 19.3. The Morgan fingerprint density at radius 3 is 2.59 bits per heavy atom. The summed E-state index contributed by atoms with van der Waals surface area (Å²) in [6, 6.07) is 13.7. The molecule has 9 heteroatoms. The summed E-state index contributed by atoms with van der Waals surface area (Å²) in [4.78, 5) is 12.6. The average Bonchev–Trinajstić information content (AvgIpc) is 3.21. The van der Waals surface area contributed by atoms with E-state index in [9.17, 15) is 13.2 Å². The number of carbonyl (C=O) groups excluding carboxylic acids is 1. The second-order valence-electron chi connectivity index (χ2n) is 7.50. The summed E-state index contributed by atoms with van der Waals surface area (Å²) in [6.07, 6.45) is 4.43. The van der Waals surface area contributed by atoms with Crippen molar-refractivity contribution in [3.05, 3.63) is 77.6 Å². The molecule has 3 aromatic rings. The Morgan fingerprint density at radius 2 is 1.94 bits per heavy atom. The number of ether oxygens (including phenoxy) is 1. The van der Waals surface area contributed by atoms with Crippen LogP contribution in [0.3, 0.4) is 0 Å². The SMILES string of the molecule is COc1ccc(C(=O)NCCCn2cc(C)cn2)cc1S(=O)(=O)N(C)Cc1ccccc1. The summed E-state index contributed by atoms with van der Waals surface area (Å²) in [6.45, 7) is 3.30. The normalized spacial score (nSPS) is 11.5. The van der Waals surface area contributed by atoms with Crippen LogP contribution in [0.25, 0.3) is 0 Å². The molecule has 0 fully saturated rings. The Balaban J connectivity index is 1.70. The number of nitrogens with zero attached hydrogens (tertiary/aromatic N) is 3. The Morgan fingerprint density at radius 1 is 1.19 bits per heavy atom. The van der Waals surface area contributed by atoms with Gasteiger partial charge in [0.25, 0.3) is 5.91 Å². The summed E-state index contributed by atoms with van der Waals surface area (Å²) in [5, 5.41) is 7.05. The number of rotatable bonds is 10. The number of methoxy groups -OCH3 is 1. The number of sulfonamides is 1. The second-order valence-corrected chi connectivity index (χ2v) is 9.52. The summed E-state index contributed by atoms with van der Waals surface area (Å²) in [5.41, 5.74) is 2.20. The van der Waals surface area contributed by atoms with Crippen LogP contribution in [0.2, 0.25) is 0 Å². The van der Waals surface area contributed by atoms with Crippen LogP contribution in [0.1, 0.15) is 27.9 Å². The molecule has 2 aromatic carbocycles. The lowest BCUT2D eigenvalue weighted by molar-refractivity contribution is 0.0952. The fourth-order valence-corrected chi connectivity index (χ4v) is 4.58. The van der Waals surface area contributed by atoms with Crippen molar-refractivity contribution in [2.45, 2.75) is 31.3 Å². The molecule has 0 bridgehead atoms. The van der Waals surface area contributed by atoms with Crippen LogP contribution >= 0.6 is 0 Å². The fourth-order valence-electron chi connectivity index (χ4n) is 3.25. The fraction of sp³-hybridized carbons (Fsp3) is 0.304. The van der Waals surface area contributed by atoms with Gasteiger partial charge in [-0.2, -0.15) is 9.40 Å². The smallest absolute Gasteiger partial charge is 0.251 e. The number of hydrogen-bond acceptors (Lipinski definition) is 5. The van der Waals surface area contributed by atoms with Crippen LogP contribution < -0.4 is 10.1 Å². The topological polar surface area (TPSA) is 93.5 Å². The van der Waals surface area contributed by atoms with Gasteiger partial charge in [-0.05, 0) is 42.7 Å². The Bertz CT molecular complexity index is 1160. The molecule has 0 aliphatic rings. The number of nitrogens with one attached hydrogen (secondary N) is 1. The zero-order valence-electron chi connectivity index (χ0n) is 18.5. The summed E-state index contributed by atoms with van der Waals surface area (Å²) >= 11 is 0. The molecule has 0 unspecified atom stereocenters. The van der Waals surface area contributed by atoms with Crippen molar-refractivity contribution in [3.63, 3.8) is 0 Å². The lowest BCUT2D eigenvalue weighted by atomic mass is 10.2. The highest BCUT2D eigenvalue weighted by Crippen LogP contribution is 2.28. The van der Waals surface area contributed by atoms with Crippen LogP contribution in [0, 0.1) is 6.92 Å². The molecule has 0 spiro atoms. The van der Waals surface area contributed by atoms with Gasteiger partial charge in [-0.1, -0.05) is 30.3 Å². The van der Waals surface area contributed by atoms with Crippen LogP contribution in [-0.4, -0.2) is 49.1 Å². The van der Waals surface area contributed by atoms with E-state index in [4.69, 9.17) is 4.74 Å². The second kappa shape index (κ2) is 10.4. The first-order valence-corrected chi connectivity index (χ1v) is 11.7. The highest BCUT2D eigenvalue weighted by molar-refractivity contribution is 7.89. The van der Waals surface area contributed by atoms with E-state index >= 15 is 0 Å². The van der Waals surface area contributed by atoms with Crippen LogP contribution in [0.5, 0.6) is 5.75 Å². The van der Waals surface area contributed by atoms with Gasteiger partial charge in [0.15, 0.2) is 0 Å². The van der Waals surface area contributed by atoms with Crippen molar-refractivity contribution < 1.29 is 17.9 Å². The van der Waals surface area contributed by atoms with Crippen molar-refractivity contribution in [1.82, 2.24) is 19.4 Å². The minimum absolute atomic E-state index is 0.0434. The molecule has 1 N–H and O–H groups in total.